The van der Waals surface area contributed by atoms with Gasteiger partial charge < -0.3 is 29.7 Å². The second-order valence-electron chi connectivity index (χ2n) is 15.5. The molecule has 3 aliphatic rings. The average molecular weight is 823 g/mol. The molecule has 1 unspecified atom stereocenters. The van der Waals surface area contributed by atoms with Crippen LogP contribution >= 0.6 is 11.6 Å². The van der Waals surface area contributed by atoms with E-state index in [1.807, 2.05) is 30.8 Å². The first kappa shape index (κ1) is 39.2. The number of hydrogen-bond donors (Lipinski definition) is 2. The van der Waals surface area contributed by atoms with E-state index in [-0.39, 0.29) is 58.3 Å². The van der Waals surface area contributed by atoms with E-state index in [1.54, 1.807) is 15.5 Å². The highest BCUT2D eigenvalue weighted by Gasteiger charge is 2.49. The van der Waals surface area contributed by atoms with Gasteiger partial charge in [0.05, 0.1) is 21.8 Å². The number of anilines is 2. The number of piperidine rings is 1. The number of amides is 2. The topological polar surface area (TPSA) is 154 Å². The van der Waals surface area contributed by atoms with Crippen molar-refractivity contribution in [3.8, 4) is 17.1 Å². The maximum atomic E-state index is 15.6. The normalized spacial score (nSPS) is 17.6. The van der Waals surface area contributed by atoms with E-state index < -0.39 is 46.9 Å². The van der Waals surface area contributed by atoms with Crippen LogP contribution in [0.3, 0.4) is 0 Å². The van der Waals surface area contributed by atoms with E-state index in [0.29, 0.717) is 61.5 Å². The van der Waals surface area contributed by atoms with Gasteiger partial charge in [-0.25, -0.2) is 14.4 Å². The molecule has 2 fully saturated rings. The van der Waals surface area contributed by atoms with Gasteiger partial charge >= 0.3 is 6.18 Å². The number of benzene rings is 2. The number of carbonyl (C=O) groups excluding carboxylic acids is 2. The van der Waals surface area contributed by atoms with Crippen molar-refractivity contribution in [3.63, 3.8) is 0 Å². The number of likely N-dealkylation sites (tertiary alicyclic amines) is 1. The highest BCUT2D eigenvalue weighted by atomic mass is 35.5. The van der Waals surface area contributed by atoms with Crippen LogP contribution in [0.4, 0.5) is 29.1 Å². The molecule has 3 aromatic heterocycles. The number of alkyl halides is 3. The lowest BCUT2D eigenvalue weighted by Gasteiger charge is -2.39. The molecule has 0 saturated carbocycles. The van der Waals surface area contributed by atoms with Gasteiger partial charge in [0.25, 0.3) is 11.5 Å². The Morgan fingerprint density at radius 1 is 1.07 bits per heavy atom. The first-order valence-electron chi connectivity index (χ1n) is 18.8. The number of nitrogens with one attached hydrogen (secondary N) is 1. The van der Waals surface area contributed by atoms with Gasteiger partial charge in [-0.05, 0) is 81.6 Å². The third kappa shape index (κ3) is 6.91. The van der Waals surface area contributed by atoms with E-state index in [2.05, 4.69) is 25.4 Å². The third-order valence-corrected chi connectivity index (χ3v) is 11.6. The third-order valence-electron chi connectivity index (χ3n) is 11.3. The molecule has 5 heterocycles. The fourth-order valence-electron chi connectivity index (χ4n) is 8.50. The largest absolute Gasteiger partial charge is 0.503 e. The van der Waals surface area contributed by atoms with Crippen LogP contribution in [0.5, 0.6) is 5.75 Å². The molecule has 58 heavy (non-hydrogen) atoms. The number of carbonyl (C=O) groups is 2. The second-order valence-corrected chi connectivity index (χ2v) is 15.9. The summed E-state index contributed by atoms with van der Waals surface area (Å²) in [4.78, 5) is 60.4. The van der Waals surface area contributed by atoms with Crippen LogP contribution < -0.4 is 15.8 Å². The molecular weight excluding hydrogens is 784 g/mol. The Hall–Kier alpha value is -5.62. The molecular formula is C39H39ClF4N10O4. The van der Waals surface area contributed by atoms with Gasteiger partial charge in [0.2, 0.25) is 11.7 Å². The van der Waals surface area contributed by atoms with Gasteiger partial charge in [0, 0.05) is 49.4 Å². The van der Waals surface area contributed by atoms with E-state index >= 15 is 4.39 Å². The molecule has 2 saturated heterocycles. The number of aromatic nitrogens is 6. The maximum absolute atomic E-state index is 15.6. The molecule has 1 aliphatic carbocycles. The minimum absolute atomic E-state index is 0.0297. The fraction of sp³-hybridized carbons (Fsp3) is 0.410. The quantitative estimate of drug-likeness (QED) is 0.193. The van der Waals surface area contributed by atoms with Gasteiger partial charge in [-0.1, -0.05) is 24.6 Å². The summed E-state index contributed by atoms with van der Waals surface area (Å²) in [6.07, 6.45) is -1.23. The number of aromatic hydroxyl groups is 1. The van der Waals surface area contributed by atoms with Gasteiger partial charge in [0.1, 0.15) is 18.7 Å². The molecule has 304 valence electrons. The van der Waals surface area contributed by atoms with Gasteiger partial charge in [0.15, 0.2) is 23.1 Å². The number of hydrogen-bond acceptors (Lipinski definition) is 10. The molecule has 2 aliphatic heterocycles. The first-order valence-corrected chi connectivity index (χ1v) is 19.1. The number of rotatable bonds is 8. The first-order chi connectivity index (χ1) is 27.5. The Morgan fingerprint density at radius 2 is 1.81 bits per heavy atom. The smallest absolute Gasteiger partial charge is 0.416 e. The zero-order chi connectivity index (χ0) is 41.3. The van der Waals surface area contributed by atoms with Crippen molar-refractivity contribution in [3.05, 3.63) is 92.0 Å². The molecule has 1 atom stereocenters. The highest BCUT2D eigenvalue weighted by molar-refractivity contribution is 6.33. The summed E-state index contributed by atoms with van der Waals surface area (Å²) >= 11 is 6.17. The second kappa shape index (κ2) is 14.6. The molecule has 0 bridgehead atoms. The molecule has 14 nitrogen and oxygen atoms in total. The van der Waals surface area contributed by atoms with E-state index in [1.165, 1.54) is 18.5 Å². The molecule has 5 aromatic rings. The fourth-order valence-corrected chi connectivity index (χ4v) is 8.72. The van der Waals surface area contributed by atoms with Crippen LogP contribution in [0.1, 0.15) is 71.4 Å². The monoisotopic (exact) mass is 822 g/mol. The average Bonchev–Trinajstić information content (AvgIpc) is 3.70. The molecule has 8 rings (SSSR count). The van der Waals surface area contributed by atoms with Crippen LogP contribution in [-0.4, -0.2) is 96.1 Å². The summed E-state index contributed by atoms with van der Waals surface area (Å²) in [5.41, 5.74) is -0.733. The van der Waals surface area contributed by atoms with Crippen LogP contribution in [0.15, 0.2) is 47.5 Å². The van der Waals surface area contributed by atoms with E-state index in [9.17, 15) is 32.7 Å². The van der Waals surface area contributed by atoms with Crippen molar-refractivity contribution >= 4 is 40.7 Å². The summed E-state index contributed by atoms with van der Waals surface area (Å²) in [7, 11) is 3.71. The lowest BCUT2D eigenvalue weighted by Crippen LogP contribution is -2.47. The Balaban J connectivity index is 1.16. The predicted molar refractivity (Wildman–Crippen MR) is 205 cm³/mol. The van der Waals surface area contributed by atoms with Crippen LogP contribution in [-0.2, 0) is 29.5 Å². The Bertz CT molecular complexity index is 2530. The lowest BCUT2D eigenvalue weighted by atomic mass is 9.73. The molecule has 0 radical (unpaired) electrons. The summed E-state index contributed by atoms with van der Waals surface area (Å²) in [6, 6.07) is 7.22. The summed E-state index contributed by atoms with van der Waals surface area (Å²) < 4.78 is 58.2. The standard InChI is InChI=1S/C39H39ClF4N10O4/c1-21-17-38(9-13-52(14-10-38)36(58)30-32(56)34(46-20-45-30)51-11-4-12-51)29-31(21)53(19-28(55)47-27-8-6-23(16-25(27)40)39(42,43)44)37-48-33(49-54(37)35(29)57)24-7-5-22(15-26(24)41)18-50(2)3/h5-8,15-16,20-21,56H,4,9-14,17-19H2,1-3H3,(H,47,55). The summed E-state index contributed by atoms with van der Waals surface area (Å²) in [5, 5.41) is 17.7. The Morgan fingerprint density at radius 3 is 2.45 bits per heavy atom. The van der Waals surface area contributed by atoms with Crippen LogP contribution in [0.25, 0.3) is 17.2 Å². The molecule has 2 aromatic carbocycles. The molecule has 1 spiro atoms. The Kier molecular flexibility index (Phi) is 9.90. The van der Waals surface area contributed by atoms with Crippen molar-refractivity contribution < 1.29 is 32.3 Å². The van der Waals surface area contributed by atoms with Crippen molar-refractivity contribution in [2.45, 2.75) is 63.2 Å². The van der Waals surface area contributed by atoms with Gasteiger partial charge in [-0.15, -0.1) is 5.10 Å². The summed E-state index contributed by atoms with van der Waals surface area (Å²) in [6.45, 7) is 3.83. The van der Waals surface area contributed by atoms with Crippen LogP contribution in [0, 0.1) is 5.82 Å². The minimum atomic E-state index is -4.64. The zero-order valence-corrected chi connectivity index (χ0v) is 32.5. The number of nitrogens with zero attached hydrogens (tertiary/aromatic N) is 9. The number of halogens is 5. The van der Waals surface area contributed by atoms with E-state index in [0.717, 1.165) is 29.1 Å². The molecule has 2 amide bonds. The Labute approximate surface area is 334 Å². The van der Waals surface area contributed by atoms with Gasteiger partial charge in [-0.2, -0.15) is 22.7 Å². The van der Waals surface area contributed by atoms with Crippen molar-refractivity contribution in [2.24, 2.45) is 0 Å². The van der Waals surface area contributed by atoms with Crippen LogP contribution in [0.2, 0.25) is 5.02 Å². The summed E-state index contributed by atoms with van der Waals surface area (Å²) in [5.74, 6) is -2.13. The van der Waals surface area contributed by atoms with Crippen molar-refractivity contribution in [1.82, 2.24) is 38.9 Å². The molecule has 2 N–H and O–H groups in total. The number of fused-ring (bicyclic) bond motifs is 3. The van der Waals surface area contributed by atoms with Crippen molar-refractivity contribution in [2.75, 3.05) is 50.5 Å². The van der Waals surface area contributed by atoms with Crippen molar-refractivity contribution in [1.29, 1.82) is 0 Å². The minimum Gasteiger partial charge on any atom is -0.503 e. The maximum Gasteiger partial charge on any atom is 0.416 e. The molecule has 19 heteroatoms. The van der Waals surface area contributed by atoms with E-state index in [4.69, 9.17) is 11.6 Å². The lowest BCUT2D eigenvalue weighted by molar-refractivity contribution is -0.137. The highest BCUT2D eigenvalue weighted by Crippen LogP contribution is 2.51. The van der Waals surface area contributed by atoms with Gasteiger partial charge in [-0.3, -0.25) is 14.4 Å². The predicted octanol–water partition coefficient (Wildman–Crippen LogP) is 5.46. The SMILES string of the molecule is CC1CC2(CCN(C(=O)c3ncnc(N4CCC4)c3O)CC2)c2c1n(CC(=O)Nc1ccc(C(F)(F)F)cc1Cl)c1nc(-c3ccc(CN(C)C)cc3F)nn1c2=O. The zero-order valence-electron chi connectivity index (χ0n) is 31.8.